The summed E-state index contributed by atoms with van der Waals surface area (Å²) in [5.74, 6) is 1.62. The molecule has 0 radical (unpaired) electrons. The van der Waals surface area contributed by atoms with Crippen LogP contribution in [0.2, 0.25) is 0 Å². The van der Waals surface area contributed by atoms with Gasteiger partial charge in [0.1, 0.15) is 5.78 Å². The first-order valence-electron chi connectivity index (χ1n) is 6.55. The van der Waals surface area contributed by atoms with Crippen LogP contribution in [0.15, 0.2) is 36.9 Å². The van der Waals surface area contributed by atoms with Crippen LogP contribution >= 0.6 is 0 Å². The fourth-order valence-corrected chi connectivity index (χ4v) is 3.61. The molecule has 0 aliphatic heterocycles. The van der Waals surface area contributed by atoms with E-state index < -0.39 is 0 Å². The maximum atomic E-state index is 12.2. The summed E-state index contributed by atoms with van der Waals surface area (Å²) >= 11 is 0. The van der Waals surface area contributed by atoms with Gasteiger partial charge in [-0.3, -0.25) is 4.79 Å². The Bertz CT molecular complexity index is 460. The predicted molar refractivity (Wildman–Crippen MR) is 69.1 cm³/mol. The van der Waals surface area contributed by atoms with E-state index in [1.54, 1.807) is 0 Å². The first-order chi connectivity index (χ1) is 8.31. The second-order valence-electron chi connectivity index (χ2n) is 5.30. The van der Waals surface area contributed by atoms with Crippen LogP contribution in [0.1, 0.15) is 48.6 Å². The first kappa shape index (κ1) is 10.8. The van der Waals surface area contributed by atoms with Crippen LogP contribution in [0, 0.1) is 5.92 Å². The van der Waals surface area contributed by atoms with Crippen molar-refractivity contribution in [3.8, 4) is 0 Å². The molecule has 0 amide bonds. The van der Waals surface area contributed by atoms with Gasteiger partial charge in [0, 0.05) is 18.3 Å². The molecule has 1 nitrogen and oxygen atoms in total. The number of benzene rings is 1. The van der Waals surface area contributed by atoms with Gasteiger partial charge < -0.3 is 0 Å². The monoisotopic (exact) mass is 226 g/mol. The number of hydrogen-bond acceptors (Lipinski definition) is 1. The van der Waals surface area contributed by atoms with Crippen LogP contribution in [0.3, 0.4) is 0 Å². The smallest absolute Gasteiger partial charge is 0.140 e. The van der Waals surface area contributed by atoms with Gasteiger partial charge in [0.15, 0.2) is 0 Å². The minimum absolute atomic E-state index is 0.177. The minimum Gasteiger partial charge on any atom is -0.299 e. The lowest BCUT2D eigenvalue weighted by Crippen LogP contribution is -2.32. The third-order valence-electron chi connectivity index (χ3n) is 4.39. The van der Waals surface area contributed by atoms with E-state index in [-0.39, 0.29) is 5.92 Å². The van der Waals surface area contributed by atoms with Crippen molar-refractivity contribution in [3.05, 3.63) is 48.0 Å². The lowest BCUT2D eigenvalue weighted by Gasteiger charge is -2.39. The Morgan fingerprint density at radius 1 is 1.24 bits per heavy atom. The van der Waals surface area contributed by atoms with Gasteiger partial charge in [-0.2, -0.15) is 0 Å². The van der Waals surface area contributed by atoms with Crippen LogP contribution in [0.4, 0.5) is 0 Å². The van der Waals surface area contributed by atoms with Crippen molar-refractivity contribution in [3.63, 3.8) is 0 Å². The Hall–Kier alpha value is -1.37. The molecule has 0 saturated heterocycles. The van der Waals surface area contributed by atoms with Gasteiger partial charge in [-0.05, 0) is 36.3 Å². The van der Waals surface area contributed by atoms with E-state index in [0.717, 1.165) is 19.3 Å². The quantitative estimate of drug-likeness (QED) is 0.665. The largest absolute Gasteiger partial charge is 0.299 e. The maximum Gasteiger partial charge on any atom is 0.140 e. The third-order valence-corrected chi connectivity index (χ3v) is 4.39. The highest BCUT2D eigenvalue weighted by Crippen LogP contribution is 2.47. The highest BCUT2D eigenvalue weighted by Gasteiger charge is 2.39. The van der Waals surface area contributed by atoms with Crippen LogP contribution < -0.4 is 0 Å². The van der Waals surface area contributed by atoms with Crippen molar-refractivity contribution < 1.29 is 4.79 Å². The number of Topliss-reactive ketones (excluding diaryl/α,β-unsaturated/α-hetero) is 1. The molecule has 1 unspecified atom stereocenters. The Morgan fingerprint density at radius 2 is 2.00 bits per heavy atom. The molecule has 88 valence electrons. The van der Waals surface area contributed by atoms with Crippen molar-refractivity contribution in [2.24, 2.45) is 5.92 Å². The number of ketones is 1. The van der Waals surface area contributed by atoms with Crippen LogP contribution in [0.5, 0.6) is 0 Å². The Kier molecular flexibility index (Phi) is 2.62. The molecular formula is C16H18O. The van der Waals surface area contributed by atoms with Gasteiger partial charge in [-0.25, -0.2) is 0 Å². The van der Waals surface area contributed by atoms with Crippen molar-refractivity contribution in [1.29, 1.82) is 0 Å². The van der Waals surface area contributed by atoms with Crippen LogP contribution in [0.25, 0.3) is 0 Å². The Balaban J connectivity index is 2.10. The average molecular weight is 226 g/mol. The molecule has 0 aromatic heterocycles. The minimum atomic E-state index is 0.177. The zero-order valence-electron chi connectivity index (χ0n) is 10.1. The summed E-state index contributed by atoms with van der Waals surface area (Å²) in [5, 5.41) is 0. The lowest BCUT2D eigenvalue weighted by molar-refractivity contribution is -0.123. The van der Waals surface area contributed by atoms with E-state index in [2.05, 4.69) is 30.8 Å². The number of hydrogen-bond donors (Lipinski definition) is 0. The molecule has 2 aliphatic carbocycles. The lowest BCUT2D eigenvalue weighted by atomic mass is 9.64. The highest BCUT2D eigenvalue weighted by molar-refractivity contribution is 5.87. The fourth-order valence-electron chi connectivity index (χ4n) is 3.61. The number of rotatable bonds is 1. The van der Waals surface area contributed by atoms with E-state index >= 15 is 0 Å². The third kappa shape index (κ3) is 1.65. The summed E-state index contributed by atoms with van der Waals surface area (Å²) in [6, 6.07) is 8.44. The van der Waals surface area contributed by atoms with Crippen LogP contribution in [-0.2, 0) is 4.79 Å². The predicted octanol–water partition coefficient (Wildman–Crippen LogP) is 3.81. The molecule has 2 aliphatic rings. The molecule has 3 atom stereocenters. The zero-order chi connectivity index (χ0) is 11.8. The number of allylic oxidation sites excluding steroid dienone is 1. The topological polar surface area (TPSA) is 17.1 Å². The molecular weight excluding hydrogens is 208 g/mol. The van der Waals surface area contributed by atoms with Crippen molar-refractivity contribution in [2.45, 2.75) is 37.5 Å². The van der Waals surface area contributed by atoms with E-state index in [4.69, 9.17) is 0 Å². The number of carbonyl (C=O) groups excluding carboxylic acids is 1. The summed E-state index contributed by atoms with van der Waals surface area (Å²) in [5.41, 5.74) is 2.61. The highest BCUT2D eigenvalue weighted by atomic mass is 16.1. The second kappa shape index (κ2) is 4.14. The summed E-state index contributed by atoms with van der Waals surface area (Å²) in [6.07, 6.45) is 6.21. The van der Waals surface area contributed by atoms with E-state index in [0.29, 0.717) is 17.6 Å². The molecule has 1 aromatic carbocycles. The number of fused-ring (bicyclic) bond motifs is 3. The van der Waals surface area contributed by atoms with Crippen molar-refractivity contribution in [2.75, 3.05) is 0 Å². The zero-order valence-corrected chi connectivity index (χ0v) is 10.1. The normalized spacial score (nSPS) is 31.5. The summed E-state index contributed by atoms with van der Waals surface area (Å²) < 4.78 is 0. The van der Waals surface area contributed by atoms with Gasteiger partial charge in [-0.15, -0.1) is 6.58 Å². The van der Waals surface area contributed by atoms with E-state index in [1.165, 1.54) is 17.5 Å². The molecule has 0 bridgehead atoms. The average Bonchev–Trinajstić information content (AvgIpc) is 2.37. The van der Waals surface area contributed by atoms with E-state index in [1.807, 2.05) is 6.08 Å². The molecule has 1 aromatic rings. The van der Waals surface area contributed by atoms with Gasteiger partial charge in [0.25, 0.3) is 0 Å². The van der Waals surface area contributed by atoms with Gasteiger partial charge in [-0.1, -0.05) is 30.3 Å². The number of carbonyl (C=O) groups is 1. The molecule has 1 heteroatoms. The van der Waals surface area contributed by atoms with Gasteiger partial charge in [0.2, 0.25) is 0 Å². The SMILES string of the molecule is C=CC1C[C@@H]2CCCC(=O)[C@@H]2c2ccccc21. The van der Waals surface area contributed by atoms with Crippen molar-refractivity contribution in [1.82, 2.24) is 0 Å². The van der Waals surface area contributed by atoms with Crippen molar-refractivity contribution >= 4 is 5.78 Å². The molecule has 0 spiro atoms. The molecule has 1 fully saturated rings. The molecule has 0 heterocycles. The summed E-state index contributed by atoms with van der Waals surface area (Å²) in [4.78, 5) is 12.2. The van der Waals surface area contributed by atoms with E-state index in [9.17, 15) is 4.79 Å². The Labute approximate surface area is 103 Å². The molecule has 0 N–H and O–H groups in total. The van der Waals surface area contributed by atoms with Gasteiger partial charge >= 0.3 is 0 Å². The molecule has 1 saturated carbocycles. The Morgan fingerprint density at radius 3 is 2.76 bits per heavy atom. The molecule has 17 heavy (non-hydrogen) atoms. The van der Waals surface area contributed by atoms with Gasteiger partial charge in [0.05, 0.1) is 0 Å². The maximum absolute atomic E-state index is 12.2. The summed E-state index contributed by atoms with van der Waals surface area (Å²) in [7, 11) is 0. The molecule has 3 rings (SSSR count). The van der Waals surface area contributed by atoms with Crippen LogP contribution in [-0.4, -0.2) is 5.78 Å². The summed E-state index contributed by atoms with van der Waals surface area (Å²) in [6.45, 7) is 3.95. The first-order valence-corrected chi connectivity index (χ1v) is 6.55. The standard InChI is InChI=1S/C16H18O/c1-2-11-10-12-6-5-9-15(17)16(12)14-8-4-3-7-13(11)14/h2-4,7-8,11-12,16H,1,5-6,9-10H2/t11?,12-,16-/m0/s1. The second-order valence-corrected chi connectivity index (χ2v) is 5.30. The fraction of sp³-hybridized carbons (Fsp3) is 0.438.